The van der Waals surface area contributed by atoms with Gasteiger partial charge in [-0.2, -0.15) is 0 Å². The number of nitrogens with zero attached hydrogens (tertiary/aromatic N) is 2. The van der Waals surface area contributed by atoms with Gasteiger partial charge in [-0.3, -0.25) is 0 Å². The molecule has 2 aromatic heterocycles. The van der Waals surface area contributed by atoms with Gasteiger partial charge in [0.15, 0.2) is 5.65 Å². The van der Waals surface area contributed by atoms with Gasteiger partial charge < -0.3 is 4.98 Å². The Kier molecular flexibility index (Phi) is 1.63. The topological polar surface area (TPSA) is 41.6 Å². The zero-order chi connectivity index (χ0) is 8.39. The molecule has 3 heteroatoms. The second-order valence-electron chi connectivity index (χ2n) is 2.51. The maximum Gasteiger partial charge on any atom is 0.156 e. The Morgan fingerprint density at radius 1 is 1.50 bits per heavy atom. The highest BCUT2D eigenvalue weighted by atomic mass is 14.9. The standard InChI is InChI=1S/C9H9N3/c1-2-3-7-6-11-9-8(12-7)4-5-10-9/h2-6H,1H3,(H,10,11). The van der Waals surface area contributed by atoms with Crippen molar-refractivity contribution in [2.75, 3.05) is 0 Å². The molecular formula is C9H9N3. The molecule has 60 valence electrons. The molecule has 0 aromatic carbocycles. The van der Waals surface area contributed by atoms with E-state index in [1.807, 2.05) is 31.3 Å². The summed E-state index contributed by atoms with van der Waals surface area (Å²) in [6.45, 7) is 1.96. The van der Waals surface area contributed by atoms with Crippen LogP contribution in [0.3, 0.4) is 0 Å². The molecule has 2 aromatic rings. The van der Waals surface area contributed by atoms with E-state index in [0.29, 0.717) is 0 Å². The van der Waals surface area contributed by atoms with Crippen molar-refractivity contribution in [1.29, 1.82) is 0 Å². The Bertz CT molecular complexity index is 414. The third-order valence-corrected chi connectivity index (χ3v) is 1.62. The molecule has 3 nitrogen and oxygen atoms in total. The Hall–Kier alpha value is -1.64. The maximum absolute atomic E-state index is 4.34. The molecule has 0 saturated heterocycles. The van der Waals surface area contributed by atoms with Crippen LogP contribution in [-0.2, 0) is 0 Å². The van der Waals surface area contributed by atoms with Crippen LogP contribution in [0.15, 0.2) is 24.5 Å². The van der Waals surface area contributed by atoms with Gasteiger partial charge in [0.1, 0.15) is 5.52 Å². The number of aromatic nitrogens is 3. The molecule has 0 spiro atoms. The summed E-state index contributed by atoms with van der Waals surface area (Å²) in [5.41, 5.74) is 2.64. The Balaban J connectivity index is 2.60. The van der Waals surface area contributed by atoms with Gasteiger partial charge in [-0.1, -0.05) is 6.08 Å². The number of fused-ring (bicyclic) bond motifs is 1. The van der Waals surface area contributed by atoms with E-state index in [2.05, 4.69) is 15.0 Å². The van der Waals surface area contributed by atoms with Gasteiger partial charge in [-0.25, -0.2) is 9.97 Å². The van der Waals surface area contributed by atoms with E-state index in [4.69, 9.17) is 0 Å². The number of hydrogen-bond acceptors (Lipinski definition) is 2. The highest BCUT2D eigenvalue weighted by molar-refractivity contribution is 5.71. The van der Waals surface area contributed by atoms with E-state index in [1.54, 1.807) is 6.20 Å². The zero-order valence-electron chi connectivity index (χ0n) is 6.78. The van der Waals surface area contributed by atoms with Gasteiger partial charge in [0.25, 0.3) is 0 Å². The van der Waals surface area contributed by atoms with Crippen molar-refractivity contribution in [2.24, 2.45) is 0 Å². The van der Waals surface area contributed by atoms with Crippen LogP contribution in [0, 0.1) is 0 Å². The van der Waals surface area contributed by atoms with E-state index < -0.39 is 0 Å². The highest BCUT2D eigenvalue weighted by Crippen LogP contribution is 2.07. The lowest BCUT2D eigenvalue weighted by Crippen LogP contribution is -1.84. The molecule has 12 heavy (non-hydrogen) atoms. The van der Waals surface area contributed by atoms with Crippen LogP contribution < -0.4 is 0 Å². The highest BCUT2D eigenvalue weighted by Gasteiger charge is 1.95. The van der Waals surface area contributed by atoms with Crippen LogP contribution in [0.5, 0.6) is 0 Å². The van der Waals surface area contributed by atoms with Crippen LogP contribution in [0.4, 0.5) is 0 Å². The Morgan fingerprint density at radius 2 is 2.42 bits per heavy atom. The summed E-state index contributed by atoms with van der Waals surface area (Å²) in [6.07, 6.45) is 7.46. The summed E-state index contributed by atoms with van der Waals surface area (Å²) >= 11 is 0. The van der Waals surface area contributed by atoms with Gasteiger partial charge in [0, 0.05) is 6.20 Å². The molecule has 2 rings (SSSR count). The Morgan fingerprint density at radius 3 is 3.25 bits per heavy atom. The van der Waals surface area contributed by atoms with Crippen molar-refractivity contribution in [3.05, 3.63) is 30.2 Å². The SMILES string of the molecule is CC=Cc1cnc2[nH]ccc2n1. The van der Waals surface area contributed by atoms with E-state index in [0.717, 1.165) is 16.9 Å². The largest absolute Gasteiger partial charge is 0.345 e. The van der Waals surface area contributed by atoms with Crippen LogP contribution >= 0.6 is 0 Å². The van der Waals surface area contributed by atoms with Crippen molar-refractivity contribution in [3.8, 4) is 0 Å². The van der Waals surface area contributed by atoms with Crippen LogP contribution in [-0.4, -0.2) is 15.0 Å². The minimum Gasteiger partial charge on any atom is -0.345 e. The molecule has 2 heterocycles. The van der Waals surface area contributed by atoms with E-state index in [1.165, 1.54) is 0 Å². The van der Waals surface area contributed by atoms with Crippen molar-refractivity contribution in [1.82, 2.24) is 15.0 Å². The minimum atomic E-state index is 0.836. The summed E-state index contributed by atoms with van der Waals surface area (Å²) in [5.74, 6) is 0. The lowest BCUT2D eigenvalue weighted by atomic mass is 10.4. The summed E-state index contributed by atoms with van der Waals surface area (Å²) in [6, 6.07) is 1.91. The van der Waals surface area contributed by atoms with Gasteiger partial charge in [0.2, 0.25) is 0 Å². The molecule has 0 aliphatic rings. The van der Waals surface area contributed by atoms with Crippen molar-refractivity contribution in [2.45, 2.75) is 6.92 Å². The molecule has 0 fully saturated rings. The number of allylic oxidation sites excluding steroid dienone is 1. The lowest BCUT2D eigenvalue weighted by Gasteiger charge is -1.91. The fourth-order valence-corrected chi connectivity index (χ4v) is 1.10. The first-order valence-electron chi connectivity index (χ1n) is 3.83. The number of H-pyrrole nitrogens is 1. The summed E-state index contributed by atoms with van der Waals surface area (Å²) < 4.78 is 0. The fourth-order valence-electron chi connectivity index (χ4n) is 1.10. The quantitative estimate of drug-likeness (QED) is 0.691. The second kappa shape index (κ2) is 2.77. The maximum atomic E-state index is 4.34. The van der Waals surface area contributed by atoms with Crippen molar-refractivity contribution < 1.29 is 0 Å². The Labute approximate surface area is 70.2 Å². The molecule has 0 radical (unpaired) electrons. The van der Waals surface area contributed by atoms with Gasteiger partial charge in [0.05, 0.1) is 11.9 Å². The van der Waals surface area contributed by atoms with Gasteiger partial charge in [-0.05, 0) is 19.1 Å². The number of hydrogen-bond donors (Lipinski definition) is 1. The van der Waals surface area contributed by atoms with Crippen LogP contribution in [0.1, 0.15) is 12.6 Å². The molecule has 1 N–H and O–H groups in total. The molecule has 0 saturated carbocycles. The van der Waals surface area contributed by atoms with Crippen LogP contribution in [0.25, 0.3) is 17.2 Å². The lowest BCUT2D eigenvalue weighted by molar-refractivity contribution is 1.24. The zero-order valence-corrected chi connectivity index (χ0v) is 6.78. The van der Waals surface area contributed by atoms with E-state index in [9.17, 15) is 0 Å². The normalized spacial score (nSPS) is 11.4. The summed E-state index contributed by atoms with van der Waals surface area (Å²) in [5, 5.41) is 0. The molecule has 0 bridgehead atoms. The number of nitrogens with one attached hydrogen (secondary N) is 1. The van der Waals surface area contributed by atoms with E-state index in [-0.39, 0.29) is 0 Å². The predicted molar refractivity (Wildman–Crippen MR) is 48.6 cm³/mol. The second-order valence-corrected chi connectivity index (χ2v) is 2.51. The minimum absolute atomic E-state index is 0.836. The van der Waals surface area contributed by atoms with E-state index >= 15 is 0 Å². The monoisotopic (exact) mass is 159 g/mol. The third-order valence-electron chi connectivity index (χ3n) is 1.62. The molecule has 0 aliphatic carbocycles. The summed E-state index contributed by atoms with van der Waals surface area (Å²) in [4.78, 5) is 11.5. The van der Waals surface area contributed by atoms with Crippen LogP contribution in [0.2, 0.25) is 0 Å². The first-order valence-corrected chi connectivity index (χ1v) is 3.83. The molecule has 0 amide bonds. The average molecular weight is 159 g/mol. The molecule has 0 aliphatic heterocycles. The molecule has 0 unspecified atom stereocenters. The number of rotatable bonds is 1. The predicted octanol–water partition coefficient (Wildman–Crippen LogP) is 1.99. The van der Waals surface area contributed by atoms with Crippen molar-refractivity contribution in [3.63, 3.8) is 0 Å². The third kappa shape index (κ3) is 1.09. The summed E-state index contributed by atoms with van der Waals surface area (Å²) in [7, 11) is 0. The molecule has 0 atom stereocenters. The first kappa shape index (κ1) is 7.03. The first-order chi connectivity index (χ1) is 5.90. The molecular weight excluding hydrogens is 150 g/mol. The smallest absolute Gasteiger partial charge is 0.156 e. The average Bonchev–Trinajstić information content (AvgIpc) is 2.51. The van der Waals surface area contributed by atoms with Crippen molar-refractivity contribution >= 4 is 17.2 Å². The number of aromatic amines is 1. The fraction of sp³-hybridized carbons (Fsp3) is 0.111. The van der Waals surface area contributed by atoms with Gasteiger partial charge in [-0.15, -0.1) is 0 Å². The van der Waals surface area contributed by atoms with Gasteiger partial charge >= 0.3 is 0 Å².